The maximum Gasteiger partial charge on any atom is 0.293 e. The lowest BCUT2D eigenvalue weighted by Gasteiger charge is -2.17. The number of amides is 2. The molecule has 0 bridgehead atoms. The molecule has 0 radical (unpaired) electrons. The van der Waals surface area contributed by atoms with Crippen LogP contribution in [-0.2, 0) is 4.79 Å². The van der Waals surface area contributed by atoms with Gasteiger partial charge < -0.3 is 9.47 Å². The van der Waals surface area contributed by atoms with Gasteiger partial charge in [-0.05, 0) is 64.8 Å². The lowest BCUT2D eigenvalue weighted by atomic mass is 10.1. The molecule has 2 rings (SSSR count). The third-order valence-electron chi connectivity index (χ3n) is 3.63. The Morgan fingerprint density at radius 2 is 2.12 bits per heavy atom. The zero-order valence-electron chi connectivity index (χ0n) is 14.4. The molecular formula is C18H20BrNO4S. The molecule has 0 spiro atoms. The van der Waals surface area contributed by atoms with E-state index in [1.54, 1.807) is 19.3 Å². The number of carbonyl (C=O) groups is 2. The second kappa shape index (κ2) is 8.58. The van der Waals surface area contributed by atoms with E-state index in [-0.39, 0.29) is 23.8 Å². The van der Waals surface area contributed by atoms with Gasteiger partial charge in [-0.2, -0.15) is 0 Å². The van der Waals surface area contributed by atoms with Gasteiger partial charge in [0.2, 0.25) is 0 Å². The minimum atomic E-state index is -0.315. The first-order chi connectivity index (χ1) is 11.9. The fourth-order valence-corrected chi connectivity index (χ4v) is 3.56. The van der Waals surface area contributed by atoms with Crippen LogP contribution in [0.4, 0.5) is 4.79 Å². The number of imide groups is 1. The topological polar surface area (TPSA) is 55.8 Å². The molecule has 1 aromatic carbocycles. The minimum absolute atomic E-state index is 0.0476. The Hall–Kier alpha value is -1.73. The Morgan fingerprint density at radius 1 is 1.40 bits per heavy atom. The third-order valence-corrected chi connectivity index (χ3v) is 5.13. The number of thioether (sulfide) groups is 1. The monoisotopic (exact) mass is 425 g/mol. The fourth-order valence-electron chi connectivity index (χ4n) is 2.16. The normalized spacial score (nSPS) is 17.1. The summed E-state index contributed by atoms with van der Waals surface area (Å²) in [4.78, 5) is 25.7. The largest absolute Gasteiger partial charge is 0.493 e. The third kappa shape index (κ3) is 4.46. The van der Waals surface area contributed by atoms with Crippen molar-refractivity contribution in [2.24, 2.45) is 0 Å². The van der Waals surface area contributed by atoms with Crippen LogP contribution in [-0.4, -0.2) is 35.8 Å². The van der Waals surface area contributed by atoms with E-state index in [9.17, 15) is 9.59 Å². The van der Waals surface area contributed by atoms with Crippen molar-refractivity contribution in [2.75, 3.05) is 13.7 Å². The summed E-state index contributed by atoms with van der Waals surface area (Å²) in [6, 6.07) is 3.62. The van der Waals surface area contributed by atoms with Crippen molar-refractivity contribution in [1.82, 2.24) is 4.90 Å². The molecule has 2 amide bonds. The molecule has 1 heterocycles. The van der Waals surface area contributed by atoms with Crippen LogP contribution < -0.4 is 9.47 Å². The maximum atomic E-state index is 12.3. The van der Waals surface area contributed by atoms with Crippen molar-refractivity contribution in [1.29, 1.82) is 0 Å². The van der Waals surface area contributed by atoms with E-state index in [2.05, 4.69) is 22.5 Å². The first kappa shape index (κ1) is 19.6. The zero-order chi connectivity index (χ0) is 18.6. The second-order valence-corrected chi connectivity index (χ2v) is 7.30. The molecule has 1 fully saturated rings. The standard InChI is InChI=1S/C18H20BrNO4S/c1-5-7-20-17(21)15(25-18(20)22)10-12-8-13(19)16(14(9-12)23-4)24-11(3)6-2/h5,8-11H,1,6-7H2,2-4H3. The lowest BCUT2D eigenvalue weighted by molar-refractivity contribution is -0.122. The highest BCUT2D eigenvalue weighted by molar-refractivity contribution is 9.10. The van der Waals surface area contributed by atoms with Crippen molar-refractivity contribution in [3.8, 4) is 11.5 Å². The number of hydrogen-bond acceptors (Lipinski definition) is 5. The Morgan fingerprint density at radius 3 is 2.72 bits per heavy atom. The number of nitrogens with zero attached hydrogens (tertiary/aromatic N) is 1. The van der Waals surface area contributed by atoms with Crippen LogP contribution in [0.5, 0.6) is 11.5 Å². The van der Waals surface area contributed by atoms with Gasteiger partial charge in [0.1, 0.15) is 0 Å². The molecule has 25 heavy (non-hydrogen) atoms. The molecule has 1 unspecified atom stereocenters. The van der Waals surface area contributed by atoms with Gasteiger partial charge in [0, 0.05) is 6.54 Å². The van der Waals surface area contributed by atoms with Crippen LogP contribution in [0.15, 0.2) is 34.2 Å². The van der Waals surface area contributed by atoms with Crippen LogP contribution in [0, 0.1) is 0 Å². The molecule has 0 N–H and O–H groups in total. The van der Waals surface area contributed by atoms with Crippen molar-refractivity contribution >= 4 is 44.9 Å². The fraction of sp³-hybridized carbons (Fsp3) is 0.333. The van der Waals surface area contributed by atoms with Crippen LogP contribution in [0.25, 0.3) is 6.08 Å². The smallest absolute Gasteiger partial charge is 0.293 e. The van der Waals surface area contributed by atoms with Crippen molar-refractivity contribution in [2.45, 2.75) is 26.4 Å². The van der Waals surface area contributed by atoms with Crippen molar-refractivity contribution in [3.63, 3.8) is 0 Å². The van der Waals surface area contributed by atoms with E-state index < -0.39 is 0 Å². The van der Waals surface area contributed by atoms with E-state index in [4.69, 9.17) is 9.47 Å². The molecule has 0 aliphatic carbocycles. The zero-order valence-corrected chi connectivity index (χ0v) is 16.8. The molecule has 1 aliphatic rings. The predicted molar refractivity (Wildman–Crippen MR) is 104 cm³/mol. The second-order valence-electron chi connectivity index (χ2n) is 5.45. The van der Waals surface area contributed by atoms with Gasteiger partial charge in [0.15, 0.2) is 11.5 Å². The molecule has 0 saturated carbocycles. The Balaban J connectivity index is 2.35. The molecule has 0 aromatic heterocycles. The minimum Gasteiger partial charge on any atom is -0.493 e. The summed E-state index contributed by atoms with van der Waals surface area (Å²) in [6.45, 7) is 7.79. The van der Waals surface area contributed by atoms with Gasteiger partial charge in [0.25, 0.3) is 11.1 Å². The highest BCUT2D eigenvalue weighted by atomic mass is 79.9. The number of methoxy groups -OCH3 is 1. The summed E-state index contributed by atoms with van der Waals surface area (Å²) in [6.07, 6.45) is 4.12. The van der Waals surface area contributed by atoms with Gasteiger partial charge in [-0.25, -0.2) is 0 Å². The molecule has 1 saturated heterocycles. The maximum absolute atomic E-state index is 12.3. The van der Waals surface area contributed by atoms with Gasteiger partial charge >= 0.3 is 0 Å². The van der Waals surface area contributed by atoms with Crippen LogP contribution in [0.2, 0.25) is 0 Å². The molecule has 7 heteroatoms. The average molecular weight is 426 g/mol. The van der Waals surface area contributed by atoms with Crippen molar-refractivity contribution in [3.05, 3.63) is 39.7 Å². The van der Waals surface area contributed by atoms with Gasteiger partial charge in [-0.3, -0.25) is 14.5 Å². The summed E-state index contributed by atoms with van der Waals surface area (Å²) < 4.78 is 12.0. The quantitative estimate of drug-likeness (QED) is 0.461. The van der Waals surface area contributed by atoms with Crippen LogP contribution >= 0.6 is 27.7 Å². The molecule has 134 valence electrons. The first-order valence-electron chi connectivity index (χ1n) is 7.81. The van der Waals surface area contributed by atoms with Gasteiger partial charge in [-0.1, -0.05) is 13.0 Å². The first-order valence-corrected chi connectivity index (χ1v) is 9.42. The predicted octanol–water partition coefficient (Wildman–Crippen LogP) is 4.86. The van der Waals surface area contributed by atoms with Gasteiger partial charge in [-0.15, -0.1) is 6.58 Å². The molecule has 1 aliphatic heterocycles. The number of ether oxygens (including phenoxy) is 2. The molecule has 1 atom stereocenters. The highest BCUT2D eigenvalue weighted by Gasteiger charge is 2.34. The number of rotatable bonds is 7. The summed E-state index contributed by atoms with van der Waals surface area (Å²) in [7, 11) is 1.56. The van der Waals surface area contributed by atoms with E-state index in [1.807, 2.05) is 19.9 Å². The molecular weight excluding hydrogens is 406 g/mol. The van der Waals surface area contributed by atoms with E-state index in [0.717, 1.165) is 33.1 Å². The van der Waals surface area contributed by atoms with E-state index in [0.29, 0.717) is 16.4 Å². The Labute approximate surface area is 160 Å². The summed E-state index contributed by atoms with van der Waals surface area (Å²) >= 11 is 4.41. The van der Waals surface area contributed by atoms with Crippen LogP contribution in [0.3, 0.4) is 0 Å². The molecule has 1 aromatic rings. The summed E-state index contributed by atoms with van der Waals surface area (Å²) in [5, 5.41) is -0.293. The number of hydrogen-bond donors (Lipinski definition) is 0. The van der Waals surface area contributed by atoms with E-state index >= 15 is 0 Å². The van der Waals surface area contributed by atoms with E-state index in [1.165, 1.54) is 6.08 Å². The summed E-state index contributed by atoms with van der Waals surface area (Å²) in [5.74, 6) is 0.866. The lowest BCUT2D eigenvalue weighted by Crippen LogP contribution is -2.27. The van der Waals surface area contributed by atoms with Crippen LogP contribution in [0.1, 0.15) is 25.8 Å². The van der Waals surface area contributed by atoms with Crippen molar-refractivity contribution < 1.29 is 19.1 Å². The number of carbonyl (C=O) groups excluding carboxylic acids is 2. The average Bonchev–Trinajstić information content (AvgIpc) is 2.84. The molecule has 5 nitrogen and oxygen atoms in total. The number of halogens is 1. The van der Waals surface area contributed by atoms with Gasteiger partial charge in [0.05, 0.1) is 22.6 Å². The highest BCUT2D eigenvalue weighted by Crippen LogP contribution is 2.39. The number of benzene rings is 1. The Bertz CT molecular complexity index is 732. The Kier molecular flexibility index (Phi) is 6.72. The summed E-state index contributed by atoms with van der Waals surface area (Å²) in [5.41, 5.74) is 0.740. The SMILES string of the molecule is C=CCN1C(=O)SC(=Cc2cc(Br)c(OC(C)CC)c(OC)c2)C1=O.